The summed E-state index contributed by atoms with van der Waals surface area (Å²) in [4.78, 5) is 20.0. The first-order valence-corrected chi connectivity index (χ1v) is 6.80. The predicted octanol–water partition coefficient (Wildman–Crippen LogP) is 1.82. The number of rotatable bonds is 7. The predicted molar refractivity (Wildman–Crippen MR) is 81.7 cm³/mol. The van der Waals surface area contributed by atoms with E-state index in [9.17, 15) is 4.79 Å². The molecule has 0 radical (unpaired) electrons. The van der Waals surface area contributed by atoms with Gasteiger partial charge >= 0.3 is 6.03 Å². The molecule has 0 aromatic carbocycles. The lowest BCUT2D eigenvalue weighted by Crippen LogP contribution is -2.28. The van der Waals surface area contributed by atoms with Gasteiger partial charge in [0.2, 0.25) is 5.88 Å². The number of aromatic nitrogens is 2. The number of urea groups is 1. The summed E-state index contributed by atoms with van der Waals surface area (Å²) in [5.41, 5.74) is 1.42. The highest BCUT2D eigenvalue weighted by atomic mass is 16.5. The minimum atomic E-state index is -0.339. The summed E-state index contributed by atoms with van der Waals surface area (Å²) >= 11 is 0. The Labute approximate surface area is 128 Å². The molecule has 2 heterocycles. The summed E-state index contributed by atoms with van der Waals surface area (Å²) in [6.45, 7) is 1.20. The molecule has 0 aliphatic carbocycles. The second-order valence-electron chi connectivity index (χ2n) is 4.37. The van der Waals surface area contributed by atoms with E-state index in [-0.39, 0.29) is 6.03 Å². The Morgan fingerprint density at radius 1 is 1.23 bits per heavy atom. The zero-order valence-corrected chi connectivity index (χ0v) is 12.3. The van der Waals surface area contributed by atoms with Crippen molar-refractivity contribution in [2.24, 2.45) is 0 Å². The van der Waals surface area contributed by atoms with Crippen molar-refractivity contribution >= 4 is 11.7 Å². The van der Waals surface area contributed by atoms with Crippen LogP contribution in [0.25, 0.3) is 0 Å². The molecule has 0 fully saturated rings. The van der Waals surface area contributed by atoms with Crippen LogP contribution in [0, 0.1) is 0 Å². The van der Waals surface area contributed by atoms with E-state index in [1.165, 1.54) is 0 Å². The number of amides is 2. The van der Waals surface area contributed by atoms with Crippen molar-refractivity contribution < 1.29 is 14.3 Å². The highest BCUT2D eigenvalue weighted by Crippen LogP contribution is 2.20. The van der Waals surface area contributed by atoms with Gasteiger partial charge in [0.25, 0.3) is 0 Å². The van der Waals surface area contributed by atoms with Crippen LogP contribution in [0.2, 0.25) is 0 Å². The van der Waals surface area contributed by atoms with Gasteiger partial charge in [-0.15, -0.1) is 0 Å². The normalized spacial score (nSPS) is 10.0. The quantitative estimate of drug-likeness (QED) is 0.762. The van der Waals surface area contributed by atoms with Gasteiger partial charge in [-0.3, -0.25) is 4.98 Å². The van der Waals surface area contributed by atoms with Crippen LogP contribution < -0.4 is 15.4 Å². The summed E-state index contributed by atoms with van der Waals surface area (Å²) in [5, 5.41) is 5.45. The molecular formula is C15H18N4O3. The van der Waals surface area contributed by atoms with Gasteiger partial charge in [-0.2, -0.15) is 0 Å². The monoisotopic (exact) mass is 302 g/mol. The molecule has 2 rings (SSSR count). The van der Waals surface area contributed by atoms with Crippen LogP contribution in [0.15, 0.2) is 42.9 Å². The summed E-state index contributed by atoms with van der Waals surface area (Å²) in [5.74, 6) is 0.357. The van der Waals surface area contributed by atoms with Gasteiger partial charge in [-0.05, 0) is 23.8 Å². The van der Waals surface area contributed by atoms with Gasteiger partial charge in [0.1, 0.15) is 12.3 Å². The molecule has 0 saturated heterocycles. The fourth-order valence-corrected chi connectivity index (χ4v) is 1.67. The number of anilines is 1. The lowest BCUT2D eigenvalue weighted by atomic mass is 10.3. The summed E-state index contributed by atoms with van der Waals surface area (Å²) < 4.78 is 10.4. The van der Waals surface area contributed by atoms with E-state index in [4.69, 9.17) is 9.47 Å². The number of nitrogens with one attached hydrogen (secondary N) is 2. The molecule has 2 aromatic heterocycles. The van der Waals surface area contributed by atoms with Gasteiger partial charge in [-0.25, -0.2) is 9.78 Å². The maximum atomic E-state index is 11.9. The second kappa shape index (κ2) is 8.58. The molecule has 2 N–H and O–H groups in total. The second-order valence-corrected chi connectivity index (χ2v) is 4.37. The Morgan fingerprint density at radius 3 is 2.86 bits per heavy atom. The van der Waals surface area contributed by atoms with Gasteiger partial charge in [0, 0.05) is 32.2 Å². The molecule has 22 heavy (non-hydrogen) atoms. The maximum Gasteiger partial charge on any atom is 0.319 e. The molecule has 7 nitrogen and oxygen atoms in total. The molecular weight excluding hydrogens is 284 g/mol. The number of pyridine rings is 2. The third kappa shape index (κ3) is 5.02. The van der Waals surface area contributed by atoms with E-state index in [0.29, 0.717) is 31.3 Å². The molecule has 0 atom stereocenters. The molecule has 7 heteroatoms. The molecule has 2 aromatic rings. The van der Waals surface area contributed by atoms with Crippen LogP contribution >= 0.6 is 0 Å². The number of ether oxygens (including phenoxy) is 2. The van der Waals surface area contributed by atoms with Crippen LogP contribution in [0.3, 0.4) is 0 Å². The van der Waals surface area contributed by atoms with E-state index in [1.54, 1.807) is 37.8 Å². The van der Waals surface area contributed by atoms with Crippen LogP contribution in [0.1, 0.15) is 5.56 Å². The van der Waals surface area contributed by atoms with Crippen LogP contribution in [0.4, 0.5) is 10.5 Å². The lowest BCUT2D eigenvalue weighted by Gasteiger charge is -2.11. The SMILES string of the molecule is COCCOc1ncccc1NC(=O)NCc1cccnc1. The van der Waals surface area contributed by atoms with Gasteiger partial charge in [0.15, 0.2) is 0 Å². The summed E-state index contributed by atoms with van der Waals surface area (Å²) in [7, 11) is 1.59. The van der Waals surface area contributed by atoms with E-state index in [1.807, 2.05) is 12.1 Å². The molecule has 0 spiro atoms. The number of nitrogens with zero attached hydrogens (tertiary/aromatic N) is 2. The number of methoxy groups -OCH3 is 1. The summed E-state index contributed by atoms with van der Waals surface area (Å²) in [6.07, 6.45) is 4.98. The van der Waals surface area contributed by atoms with Crippen molar-refractivity contribution in [2.45, 2.75) is 6.54 Å². The topological polar surface area (TPSA) is 85.4 Å². The van der Waals surface area contributed by atoms with Crippen molar-refractivity contribution in [3.8, 4) is 5.88 Å². The van der Waals surface area contributed by atoms with Gasteiger partial charge < -0.3 is 20.1 Å². The fourth-order valence-electron chi connectivity index (χ4n) is 1.67. The minimum absolute atomic E-state index is 0.339. The number of hydrogen-bond donors (Lipinski definition) is 2. The standard InChI is InChI=1S/C15H18N4O3/c1-21-8-9-22-14-13(5-3-7-17-14)19-15(20)18-11-12-4-2-6-16-10-12/h2-7,10H,8-9,11H2,1H3,(H2,18,19,20). The average molecular weight is 302 g/mol. The molecule has 0 bridgehead atoms. The zero-order chi connectivity index (χ0) is 15.6. The van der Waals surface area contributed by atoms with Gasteiger partial charge in [-0.1, -0.05) is 6.07 Å². The van der Waals surface area contributed by atoms with E-state index >= 15 is 0 Å². The maximum absolute atomic E-state index is 11.9. The minimum Gasteiger partial charge on any atom is -0.474 e. The number of carbonyl (C=O) groups excluding carboxylic acids is 1. The first kappa shape index (κ1) is 15.7. The first-order valence-electron chi connectivity index (χ1n) is 6.80. The van der Waals surface area contributed by atoms with Crippen LogP contribution in [0.5, 0.6) is 5.88 Å². The summed E-state index contributed by atoms with van der Waals surface area (Å²) in [6, 6.07) is 6.81. The molecule has 116 valence electrons. The fraction of sp³-hybridized carbons (Fsp3) is 0.267. The molecule has 0 saturated carbocycles. The Kier molecular flexibility index (Phi) is 6.13. The van der Waals surface area contributed by atoms with E-state index in [0.717, 1.165) is 5.56 Å². The Balaban J connectivity index is 1.88. The molecule has 0 unspecified atom stereocenters. The van der Waals surface area contributed by atoms with Crippen molar-refractivity contribution in [1.29, 1.82) is 0 Å². The zero-order valence-electron chi connectivity index (χ0n) is 12.3. The smallest absolute Gasteiger partial charge is 0.319 e. The molecule has 2 amide bonds. The molecule has 0 aliphatic rings. The third-order valence-corrected chi connectivity index (χ3v) is 2.72. The number of hydrogen-bond acceptors (Lipinski definition) is 5. The van der Waals surface area contributed by atoms with E-state index < -0.39 is 0 Å². The van der Waals surface area contributed by atoms with Crippen molar-refractivity contribution in [1.82, 2.24) is 15.3 Å². The van der Waals surface area contributed by atoms with Crippen LogP contribution in [-0.4, -0.2) is 36.3 Å². The largest absolute Gasteiger partial charge is 0.474 e. The van der Waals surface area contributed by atoms with Gasteiger partial charge in [0.05, 0.1) is 6.61 Å². The lowest BCUT2D eigenvalue weighted by molar-refractivity contribution is 0.144. The molecule has 0 aliphatic heterocycles. The Bertz CT molecular complexity index is 592. The van der Waals surface area contributed by atoms with Crippen LogP contribution in [-0.2, 0) is 11.3 Å². The Morgan fingerprint density at radius 2 is 2.09 bits per heavy atom. The van der Waals surface area contributed by atoms with E-state index in [2.05, 4.69) is 20.6 Å². The highest BCUT2D eigenvalue weighted by molar-refractivity contribution is 5.90. The first-order chi connectivity index (χ1) is 10.8. The third-order valence-electron chi connectivity index (χ3n) is 2.72. The number of carbonyl (C=O) groups is 1. The highest BCUT2D eigenvalue weighted by Gasteiger charge is 2.08. The van der Waals surface area contributed by atoms with Crippen molar-refractivity contribution in [3.05, 3.63) is 48.4 Å². The van der Waals surface area contributed by atoms with Crippen molar-refractivity contribution in [2.75, 3.05) is 25.6 Å². The Hall–Kier alpha value is -2.67. The van der Waals surface area contributed by atoms with Crippen molar-refractivity contribution in [3.63, 3.8) is 0 Å². The average Bonchev–Trinajstić information content (AvgIpc) is 2.56.